The van der Waals surface area contributed by atoms with E-state index >= 15 is 0 Å². The minimum atomic E-state index is -0.606. The predicted molar refractivity (Wildman–Crippen MR) is 101 cm³/mol. The number of carbonyl (C=O) groups is 1. The van der Waals surface area contributed by atoms with Gasteiger partial charge >= 0.3 is 0 Å². The van der Waals surface area contributed by atoms with E-state index in [4.69, 9.17) is 0 Å². The van der Waals surface area contributed by atoms with Crippen LogP contribution in [0, 0.1) is 12.9 Å². The van der Waals surface area contributed by atoms with Crippen LogP contribution in [0.25, 0.3) is 16.9 Å². The zero-order valence-corrected chi connectivity index (χ0v) is 14.7. The highest BCUT2D eigenvalue weighted by molar-refractivity contribution is 5.94. The molecule has 1 amide bonds. The van der Waals surface area contributed by atoms with Crippen molar-refractivity contribution < 1.29 is 9.18 Å². The summed E-state index contributed by atoms with van der Waals surface area (Å²) in [6.07, 6.45) is 0. The molecular formula is C21H17FN4O. The summed E-state index contributed by atoms with van der Waals surface area (Å²) in [7, 11) is 0. The Labute approximate surface area is 155 Å². The highest BCUT2D eigenvalue weighted by Crippen LogP contribution is 2.24. The highest BCUT2D eigenvalue weighted by atomic mass is 19.1. The molecule has 134 valence electrons. The molecule has 2 heterocycles. The minimum absolute atomic E-state index is 0.175. The summed E-state index contributed by atoms with van der Waals surface area (Å²) in [6.45, 7) is 2.18. The van der Waals surface area contributed by atoms with Crippen LogP contribution in [0.5, 0.6) is 0 Å². The van der Waals surface area contributed by atoms with Crippen LogP contribution < -0.4 is 5.32 Å². The van der Waals surface area contributed by atoms with Gasteiger partial charge in [-0.25, -0.2) is 9.50 Å². The lowest BCUT2D eigenvalue weighted by molar-refractivity contribution is 0.0950. The maximum Gasteiger partial charge on any atom is 0.251 e. The number of aromatic nitrogens is 3. The molecule has 0 radical (unpaired) electrons. The van der Waals surface area contributed by atoms with Crippen molar-refractivity contribution in [2.45, 2.75) is 13.5 Å². The molecule has 5 nitrogen and oxygen atoms in total. The van der Waals surface area contributed by atoms with Gasteiger partial charge in [0.05, 0.1) is 17.9 Å². The van der Waals surface area contributed by atoms with Crippen molar-refractivity contribution in [2.75, 3.05) is 0 Å². The third kappa shape index (κ3) is 3.42. The largest absolute Gasteiger partial charge is 0.346 e. The molecule has 0 aliphatic heterocycles. The van der Waals surface area contributed by atoms with Gasteiger partial charge in [0.25, 0.3) is 5.91 Å². The van der Waals surface area contributed by atoms with E-state index in [1.54, 1.807) is 30.3 Å². The normalized spacial score (nSPS) is 10.9. The van der Waals surface area contributed by atoms with Gasteiger partial charge in [-0.15, -0.1) is 5.10 Å². The second-order valence-electron chi connectivity index (χ2n) is 6.25. The van der Waals surface area contributed by atoms with Gasteiger partial charge in [-0.3, -0.25) is 4.79 Å². The molecule has 2 aromatic carbocycles. The highest BCUT2D eigenvalue weighted by Gasteiger charge is 2.17. The second kappa shape index (κ2) is 6.99. The molecule has 1 N–H and O–H groups in total. The number of rotatable bonds is 4. The molecule has 0 fully saturated rings. The smallest absolute Gasteiger partial charge is 0.251 e. The van der Waals surface area contributed by atoms with Gasteiger partial charge in [0.2, 0.25) is 5.95 Å². The van der Waals surface area contributed by atoms with Gasteiger partial charge < -0.3 is 5.32 Å². The lowest BCUT2D eigenvalue weighted by Crippen LogP contribution is -2.24. The summed E-state index contributed by atoms with van der Waals surface area (Å²) in [5.41, 5.74) is 4.39. The fourth-order valence-corrected chi connectivity index (χ4v) is 2.91. The Bertz CT molecular complexity index is 1100. The van der Waals surface area contributed by atoms with Crippen molar-refractivity contribution in [1.82, 2.24) is 19.9 Å². The van der Waals surface area contributed by atoms with Crippen molar-refractivity contribution in [3.05, 3.63) is 89.5 Å². The second-order valence-corrected chi connectivity index (χ2v) is 6.25. The predicted octanol–water partition coefficient (Wildman–Crippen LogP) is 3.77. The Morgan fingerprint density at radius 3 is 2.52 bits per heavy atom. The fraction of sp³-hybridized carbons (Fsp3) is 0.0952. The van der Waals surface area contributed by atoms with Gasteiger partial charge in [-0.05, 0) is 31.2 Å². The average molecular weight is 360 g/mol. The molecule has 0 bridgehead atoms. The monoisotopic (exact) mass is 360 g/mol. The third-order valence-electron chi connectivity index (χ3n) is 4.32. The van der Waals surface area contributed by atoms with E-state index in [0.717, 1.165) is 11.1 Å². The lowest BCUT2D eigenvalue weighted by Gasteiger charge is -2.07. The van der Waals surface area contributed by atoms with E-state index in [0.29, 0.717) is 22.6 Å². The molecule has 0 unspecified atom stereocenters. The van der Waals surface area contributed by atoms with E-state index < -0.39 is 5.95 Å². The lowest BCUT2D eigenvalue weighted by atomic mass is 10.1. The summed E-state index contributed by atoms with van der Waals surface area (Å²) < 4.78 is 15.1. The summed E-state index contributed by atoms with van der Waals surface area (Å²) in [4.78, 5) is 17.0. The van der Waals surface area contributed by atoms with Gasteiger partial charge in [-0.2, -0.15) is 4.39 Å². The summed E-state index contributed by atoms with van der Waals surface area (Å²) >= 11 is 0. The minimum Gasteiger partial charge on any atom is -0.346 e. The van der Waals surface area contributed by atoms with Gasteiger partial charge in [0, 0.05) is 11.1 Å². The molecule has 0 saturated carbocycles. The topological polar surface area (TPSA) is 59.3 Å². The Morgan fingerprint density at radius 2 is 1.78 bits per heavy atom. The van der Waals surface area contributed by atoms with Gasteiger partial charge in [0.1, 0.15) is 0 Å². The number of aryl methyl sites for hydroxylation is 1. The molecule has 4 rings (SSSR count). The first-order valence-corrected chi connectivity index (χ1v) is 8.56. The molecular weight excluding hydrogens is 343 g/mol. The number of benzene rings is 2. The Hall–Kier alpha value is -3.54. The van der Waals surface area contributed by atoms with E-state index in [-0.39, 0.29) is 12.5 Å². The van der Waals surface area contributed by atoms with Crippen LogP contribution in [0.4, 0.5) is 4.39 Å². The maximum atomic E-state index is 13.7. The number of nitrogens with one attached hydrogen (secondary N) is 1. The zero-order valence-electron chi connectivity index (χ0n) is 14.7. The number of halogens is 1. The van der Waals surface area contributed by atoms with Crippen LogP contribution in [0.2, 0.25) is 0 Å². The van der Waals surface area contributed by atoms with Crippen molar-refractivity contribution >= 4 is 11.6 Å². The van der Waals surface area contributed by atoms with Crippen molar-refractivity contribution in [3.8, 4) is 11.3 Å². The molecule has 4 aromatic rings. The van der Waals surface area contributed by atoms with Crippen molar-refractivity contribution in [2.24, 2.45) is 0 Å². The SMILES string of the molecule is Cc1ccc(-c2nc3ccc(F)nn3c2CNC(=O)c2ccccc2)cc1. The zero-order chi connectivity index (χ0) is 18.8. The maximum absolute atomic E-state index is 13.7. The molecule has 27 heavy (non-hydrogen) atoms. The fourth-order valence-electron chi connectivity index (χ4n) is 2.91. The first-order valence-electron chi connectivity index (χ1n) is 8.56. The molecule has 2 aromatic heterocycles. The summed E-state index contributed by atoms with van der Waals surface area (Å²) in [5.74, 6) is -0.817. The van der Waals surface area contributed by atoms with Crippen molar-refractivity contribution in [3.63, 3.8) is 0 Å². The first-order chi connectivity index (χ1) is 13.1. The summed E-state index contributed by atoms with van der Waals surface area (Å²) in [5, 5.41) is 6.80. The van der Waals surface area contributed by atoms with Crippen LogP contribution >= 0.6 is 0 Å². The van der Waals surface area contributed by atoms with E-state index in [9.17, 15) is 9.18 Å². The summed E-state index contributed by atoms with van der Waals surface area (Å²) in [6, 6.07) is 19.7. The Morgan fingerprint density at radius 1 is 1.04 bits per heavy atom. The number of imidazole rings is 1. The van der Waals surface area contributed by atoms with Crippen LogP contribution in [0.1, 0.15) is 21.6 Å². The average Bonchev–Trinajstić information content (AvgIpc) is 3.05. The number of nitrogens with zero attached hydrogens (tertiary/aromatic N) is 3. The molecule has 0 aliphatic rings. The van der Waals surface area contributed by atoms with Gasteiger partial charge in [0.15, 0.2) is 5.65 Å². The van der Waals surface area contributed by atoms with Crippen LogP contribution in [-0.4, -0.2) is 20.5 Å². The van der Waals surface area contributed by atoms with E-state index in [1.165, 1.54) is 10.6 Å². The van der Waals surface area contributed by atoms with Crippen molar-refractivity contribution in [1.29, 1.82) is 0 Å². The molecule has 0 spiro atoms. The van der Waals surface area contributed by atoms with E-state index in [2.05, 4.69) is 15.4 Å². The third-order valence-corrected chi connectivity index (χ3v) is 4.32. The Kier molecular flexibility index (Phi) is 4.38. The first kappa shape index (κ1) is 16.9. The number of amides is 1. The van der Waals surface area contributed by atoms with Crippen LogP contribution in [0.3, 0.4) is 0 Å². The number of hydrogen-bond donors (Lipinski definition) is 1. The number of fused-ring (bicyclic) bond motifs is 1. The molecule has 0 aliphatic carbocycles. The number of carbonyl (C=O) groups excluding carboxylic acids is 1. The molecule has 0 saturated heterocycles. The quantitative estimate of drug-likeness (QED) is 0.603. The molecule has 6 heteroatoms. The molecule has 0 atom stereocenters. The van der Waals surface area contributed by atoms with Gasteiger partial charge in [-0.1, -0.05) is 48.0 Å². The Balaban J connectivity index is 1.73. The van der Waals surface area contributed by atoms with E-state index in [1.807, 2.05) is 37.3 Å². The number of hydrogen-bond acceptors (Lipinski definition) is 3. The van der Waals surface area contributed by atoms with Crippen LogP contribution in [0.15, 0.2) is 66.7 Å². The standard InChI is InChI=1S/C21H17FN4O/c1-14-7-9-15(10-8-14)20-17(26-19(24-20)12-11-18(22)25-26)13-23-21(27)16-5-3-2-4-6-16/h2-12H,13H2,1H3,(H,23,27). The van der Waals surface area contributed by atoms with Crippen LogP contribution in [-0.2, 0) is 6.54 Å².